The third kappa shape index (κ3) is 235. The molecule has 0 aromatic heterocycles. The van der Waals surface area contributed by atoms with Gasteiger partial charge in [0.1, 0.15) is 0 Å². The van der Waals surface area contributed by atoms with E-state index in [1.807, 2.05) is 32.9 Å². The number of rotatable bonds is 0. The molecule has 0 aromatic carbocycles. The molecule has 0 aliphatic heterocycles. The minimum Gasteiger partial charge on any atom is -0.673 e. The van der Waals surface area contributed by atoms with Gasteiger partial charge in [-0.3, -0.25) is 6.08 Å². The Balaban J connectivity index is -0.00000000776. The Labute approximate surface area is 175 Å². The standard InChI is InChI=1S/C5H5.C4H10N.C2H7Si.6CH3.2ClH.Ti/c1-2-4-5-3-1;1-4(2,3)5;1-3-2;;;;;;;;;/h1-3H,4H2;5H,1-3H3;3H,1-2H3;6*1H3;2*1H;/q2*-1;;6*-1;;;. The van der Waals surface area contributed by atoms with Crippen molar-refractivity contribution in [2.45, 2.75) is 45.8 Å². The van der Waals surface area contributed by atoms with Gasteiger partial charge >= 0.3 is 0 Å². The molecule has 0 amide bonds. The Morgan fingerprint density at radius 2 is 1.14 bits per heavy atom. The summed E-state index contributed by atoms with van der Waals surface area (Å²) in [6.07, 6.45) is 10.0. The summed E-state index contributed by atoms with van der Waals surface area (Å²) in [6.45, 7) is 9.98. The zero-order chi connectivity index (χ0) is 10.7. The predicted octanol–water partition coefficient (Wildman–Crippen LogP) is 7.20. The SMILES string of the molecule is CC(C)(C)[NH-].C[SiH]C.Cl.Cl.[C-]1=CC=CC1.[CH3-].[CH3-].[CH3-].[CH3-].[CH3-].[CH3-].[Ti]. The second-order valence-electron chi connectivity index (χ2n) is 3.83. The summed E-state index contributed by atoms with van der Waals surface area (Å²) in [7, 11) is 0.750. The molecule has 5 heteroatoms. The number of allylic oxidation sites excluding steroid dienone is 4. The molecule has 1 radical (unpaired) electrons. The molecule has 1 N–H and O–H groups in total. The normalized spacial score (nSPS) is 7.55. The molecule has 0 atom stereocenters. The molecule has 0 heterocycles. The van der Waals surface area contributed by atoms with Crippen molar-refractivity contribution in [1.82, 2.24) is 0 Å². The first kappa shape index (κ1) is 77.4. The average Bonchev–Trinajstić information content (AvgIpc) is 2.36. The van der Waals surface area contributed by atoms with Crippen molar-refractivity contribution >= 4 is 34.3 Å². The smallest absolute Gasteiger partial charge is 0.0213 e. The van der Waals surface area contributed by atoms with Gasteiger partial charge in [-0.15, -0.1) is 36.8 Å². The van der Waals surface area contributed by atoms with Crippen molar-refractivity contribution in [3.63, 3.8) is 0 Å². The van der Waals surface area contributed by atoms with E-state index >= 15 is 0 Å². The minimum absolute atomic E-state index is 0. The Morgan fingerprint density at radius 1 is 0.909 bits per heavy atom. The zero-order valence-corrected chi connectivity index (χ0v) is 21.2. The Kier molecular flexibility index (Phi) is 202. The van der Waals surface area contributed by atoms with E-state index in [9.17, 15) is 0 Å². The molecule has 22 heavy (non-hydrogen) atoms. The molecule has 1 nitrogen and oxygen atoms in total. The maximum absolute atomic E-state index is 6.94. The van der Waals surface area contributed by atoms with Crippen LogP contribution in [0, 0.1) is 50.6 Å². The average molecular weight is 407 g/mol. The van der Waals surface area contributed by atoms with Gasteiger partial charge < -0.3 is 50.3 Å². The van der Waals surface area contributed by atoms with Crippen molar-refractivity contribution in [3.05, 3.63) is 74.6 Å². The van der Waals surface area contributed by atoms with Crippen molar-refractivity contribution in [3.8, 4) is 0 Å². The van der Waals surface area contributed by atoms with Gasteiger partial charge in [-0.1, -0.05) is 33.9 Å². The summed E-state index contributed by atoms with van der Waals surface area (Å²) in [5.41, 5.74) is 6.69. The van der Waals surface area contributed by atoms with Gasteiger partial charge in [0.15, 0.2) is 0 Å². The summed E-state index contributed by atoms with van der Waals surface area (Å²) in [4.78, 5) is 0. The Morgan fingerprint density at radius 3 is 1.18 bits per heavy atom. The molecule has 1 aliphatic rings. The molecular weight excluding hydrogens is 365 g/mol. The van der Waals surface area contributed by atoms with Gasteiger partial charge in [0, 0.05) is 31.2 Å². The van der Waals surface area contributed by atoms with Gasteiger partial charge in [-0.25, -0.2) is 12.2 Å². The second-order valence-corrected chi connectivity index (χ2v) is 4.99. The number of halogens is 2. The fourth-order valence-corrected chi connectivity index (χ4v) is 0.340. The Hall–Kier alpha value is 0.951. The van der Waals surface area contributed by atoms with E-state index in [0.29, 0.717) is 0 Å². The third-order valence-electron chi connectivity index (χ3n) is 0.586. The zero-order valence-electron chi connectivity index (χ0n) is 16.8. The molecule has 0 fully saturated rings. The quantitative estimate of drug-likeness (QED) is 0.299. The van der Waals surface area contributed by atoms with Crippen LogP contribution in [-0.2, 0) is 21.7 Å². The van der Waals surface area contributed by atoms with Gasteiger partial charge in [0.25, 0.3) is 0 Å². The van der Waals surface area contributed by atoms with Crippen molar-refractivity contribution in [2.75, 3.05) is 0 Å². The molecule has 1 aliphatic carbocycles. The number of hydrogen-bond donors (Lipinski definition) is 0. The van der Waals surface area contributed by atoms with Crippen LogP contribution in [0.5, 0.6) is 0 Å². The maximum Gasteiger partial charge on any atom is 0.0213 e. The van der Waals surface area contributed by atoms with Crippen LogP contribution in [0.25, 0.3) is 5.73 Å². The van der Waals surface area contributed by atoms with Crippen LogP contribution in [0.1, 0.15) is 27.2 Å². The first-order valence-electron chi connectivity index (χ1n) is 4.62. The van der Waals surface area contributed by atoms with Crippen LogP contribution >= 0.6 is 24.8 Å². The fraction of sp³-hybridized carbons (Fsp3) is 0.412. The van der Waals surface area contributed by atoms with Crippen LogP contribution < -0.4 is 0 Å². The number of nitrogens with one attached hydrogen (secondary N) is 1. The van der Waals surface area contributed by atoms with Crippen LogP contribution in [0.3, 0.4) is 0 Å². The van der Waals surface area contributed by atoms with Gasteiger partial charge in [-0.2, -0.15) is 6.08 Å². The molecule has 0 bridgehead atoms. The fourth-order valence-electron chi connectivity index (χ4n) is 0.340. The first-order chi connectivity index (χ1) is 5.91. The monoisotopic (exact) mass is 406 g/mol. The predicted molar refractivity (Wildman–Crippen MR) is 118 cm³/mol. The molecule has 0 aromatic rings. The largest absolute Gasteiger partial charge is 0.673 e. The van der Waals surface area contributed by atoms with Gasteiger partial charge in [0.05, 0.1) is 0 Å². The molecule has 0 unspecified atom stereocenters. The molecule has 1 rings (SSSR count). The van der Waals surface area contributed by atoms with Crippen LogP contribution in [0.2, 0.25) is 13.1 Å². The minimum atomic E-state index is -0.250. The summed E-state index contributed by atoms with van der Waals surface area (Å²) in [5, 5.41) is 0. The van der Waals surface area contributed by atoms with Crippen molar-refractivity contribution in [2.24, 2.45) is 0 Å². The summed E-state index contributed by atoms with van der Waals surface area (Å²) in [5.74, 6) is 0. The van der Waals surface area contributed by atoms with E-state index in [4.69, 9.17) is 5.73 Å². The van der Waals surface area contributed by atoms with Crippen molar-refractivity contribution < 1.29 is 21.7 Å². The second kappa shape index (κ2) is 57.4. The number of hydrogen-bond acceptors (Lipinski definition) is 0. The van der Waals surface area contributed by atoms with Gasteiger partial charge in [0.2, 0.25) is 0 Å². The van der Waals surface area contributed by atoms with E-state index < -0.39 is 0 Å². The topological polar surface area (TPSA) is 23.8 Å². The van der Waals surface area contributed by atoms with E-state index in [1.54, 1.807) is 0 Å². The van der Waals surface area contributed by atoms with Crippen LogP contribution in [0.15, 0.2) is 18.2 Å². The molecule has 0 saturated heterocycles. The summed E-state index contributed by atoms with van der Waals surface area (Å²) < 4.78 is 0. The molecule has 0 spiro atoms. The summed E-state index contributed by atoms with van der Waals surface area (Å²) in [6, 6.07) is 0. The van der Waals surface area contributed by atoms with E-state index in [2.05, 4.69) is 25.2 Å². The first-order valence-corrected chi connectivity index (χ1v) is 6.93. The van der Waals surface area contributed by atoms with E-state index in [-0.39, 0.29) is 96.6 Å². The van der Waals surface area contributed by atoms with E-state index in [0.717, 1.165) is 15.9 Å². The molecule has 145 valence electrons. The van der Waals surface area contributed by atoms with Crippen LogP contribution in [-0.4, -0.2) is 15.1 Å². The van der Waals surface area contributed by atoms with Gasteiger partial charge in [-0.05, 0) is 0 Å². The summed E-state index contributed by atoms with van der Waals surface area (Å²) >= 11 is 0. The maximum atomic E-state index is 6.94. The molecular formula is C17H42Cl2NSiTi-8. The van der Waals surface area contributed by atoms with Crippen molar-refractivity contribution in [1.29, 1.82) is 0 Å². The van der Waals surface area contributed by atoms with E-state index in [1.165, 1.54) is 0 Å². The third-order valence-corrected chi connectivity index (χ3v) is 0.586. The Bertz CT molecular complexity index is 143. The molecule has 0 saturated carbocycles. The van der Waals surface area contributed by atoms with Crippen LogP contribution in [0.4, 0.5) is 0 Å².